The van der Waals surface area contributed by atoms with E-state index in [-0.39, 0.29) is 11.9 Å². The van der Waals surface area contributed by atoms with Crippen LogP contribution < -0.4 is 10.1 Å². The van der Waals surface area contributed by atoms with Gasteiger partial charge in [0.15, 0.2) is 0 Å². The van der Waals surface area contributed by atoms with Gasteiger partial charge in [0.25, 0.3) is 5.91 Å². The SMILES string of the molecule is CCSc1ccc2c(c1)OCCC2NC(=O)c1cc2ccc(Cl)cc2n1C. The number of hydrogen-bond acceptors (Lipinski definition) is 3. The zero-order valence-electron chi connectivity index (χ0n) is 15.3. The van der Waals surface area contributed by atoms with Gasteiger partial charge in [-0.3, -0.25) is 4.79 Å². The molecule has 0 aliphatic carbocycles. The molecule has 6 heteroatoms. The molecule has 2 aromatic carbocycles. The number of aryl methyl sites for hydroxylation is 1. The fourth-order valence-electron chi connectivity index (χ4n) is 3.53. The molecule has 1 atom stereocenters. The van der Waals surface area contributed by atoms with Gasteiger partial charge in [-0.25, -0.2) is 0 Å². The van der Waals surface area contributed by atoms with Gasteiger partial charge in [0.1, 0.15) is 11.4 Å². The van der Waals surface area contributed by atoms with Crippen LogP contribution in [0.2, 0.25) is 5.02 Å². The minimum atomic E-state index is -0.0883. The van der Waals surface area contributed by atoms with Crippen LogP contribution in [0, 0.1) is 0 Å². The van der Waals surface area contributed by atoms with E-state index in [0.717, 1.165) is 34.4 Å². The summed E-state index contributed by atoms with van der Waals surface area (Å²) >= 11 is 7.88. The van der Waals surface area contributed by atoms with E-state index in [1.54, 1.807) is 11.8 Å². The molecule has 1 unspecified atom stereocenters. The standard InChI is InChI=1S/C21H21ClN2O2S/c1-3-27-15-6-7-16-17(8-9-26-20(16)12-15)23-21(25)19-10-13-4-5-14(22)11-18(13)24(19)2/h4-7,10-12,17H,3,8-9H2,1-2H3,(H,23,25). The van der Waals surface area contributed by atoms with E-state index in [9.17, 15) is 4.79 Å². The second-order valence-electron chi connectivity index (χ2n) is 6.59. The van der Waals surface area contributed by atoms with Crippen LogP contribution >= 0.6 is 23.4 Å². The third kappa shape index (κ3) is 3.54. The average Bonchev–Trinajstić information content (AvgIpc) is 2.98. The molecule has 1 N–H and O–H groups in total. The Morgan fingerprint density at radius 1 is 1.30 bits per heavy atom. The fourth-order valence-corrected chi connectivity index (χ4v) is 4.38. The molecule has 1 aliphatic rings. The number of aromatic nitrogens is 1. The molecule has 0 saturated carbocycles. The number of rotatable bonds is 4. The predicted octanol–water partition coefficient (Wildman–Crippen LogP) is 5.20. The molecule has 1 aromatic heterocycles. The maximum atomic E-state index is 13.0. The fraction of sp³-hybridized carbons (Fsp3) is 0.286. The second-order valence-corrected chi connectivity index (χ2v) is 8.36. The topological polar surface area (TPSA) is 43.3 Å². The number of halogens is 1. The number of carbonyl (C=O) groups excluding carboxylic acids is 1. The molecule has 0 fully saturated rings. The number of thioether (sulfide) groups is 1. The molecule has 1 amide bonds. The molecular formula is C21H21ClN2O2S. The van der Waals surface area contributed by atoms with E-state index >= 15 is 0 Å². The molecule has 27 heavy (non-hydrogen) atoms. The first-order valence-corrected chi connectivity index (χ1v) is 10.4. The predicted molar refractivity (Wildman–Crippen MR) is 111 cm³/mol. The van der Waals surface area contributed by atoms with Gasteiger partial charge < -0.3 is 14.6 Å². The number of nitrogens with one attached hydrogen (secondary N) is 1. The first-order chi connectivity index (χ1) is 13.1. The number of fused-ring (bicyclic) bond motifs is 2. The quantitative estimate of drug-likeness (QED) is 0.612. The first kappa shape index (κ1) is 18.3. The van der Waals surface area contributed by atoms with Crippen molar-refractivity contribution in [2.45, 2.75) is 24.3 Å². The lowest BCUT2D eigenvalue weighted by molar-refractivity contribution is 0.0917. The Morgan fingerprint density at radius 2 is 2.15 bits per heavy atom. The summed E-state index contributed by atoms with van der Waals surface area (Å²) in [7, 11) is 1.89. The van der Waals surface area contributed by atoms with Crippen molar-refractivity contribution in [1.82, 2.24) is 9.88 Å². The van der Waals surface area contributed by atoms with E-state index in [4.69, 9.17) is 16.3 Å². The lowest BCUT2D eigenvalue weighted by atomic mass is 10.0. The van der Waals surface area contributed by atoms with Crippen LogP contribution in [0.5, 0.6) is 5.75 Å². The van der Waals surface area contributed by atoms with Crippen molar-refractivity contribution in [2.24, 2.45) is 7.05 Å². The highest BCUT2D eigenvalue weighted by Crippen LogP contribution is 2.35. The summed E-state index contributed by atoms with van der Waals surface area (Å²) in [5.74, 6) is 1.80. The highest BCUT2D eigenvalue weighted by Gasteiger charge is 2.25. The van der Waals surface area contributed by atoms with Crippen LogP contribution in [0.15, 0.2) is 47.4 Å². The van der Waals surface area contributed by atoms with Crippen LogP contribution in [0.4, 0.5) is 0 Å². The normalized spacial score (nSPS) is 16.0. The Hall–Kier alpha value is -2.11. The monoisotopic (exact) mass is 400 g/mol. The number of amides is 1. The van der Waals surface area contributed by atoms with Crippen LogP contribution in [0.25, 0.3) is 10.9 Å². The van der Waals surface area contributed by atoms with Crippen molar-refractivity contribution in [3.05, 3.63) is 58.7 Å². The lowest BCUT2D eigenvalue weighted by Crippen LogP contribution is -2.33. The Morgan fingerprint density at radius 3 is 2.96 bits per heavy atom. The minimum absolute atomic E-state index is 0.0523. The zero-order valence-corrected chi connectivity index (χ0v) is 16.9. The Bertz CT molecular complexity index is 1010. The number of benzene rings is 2. The van der Waals surface area contributed by atoms with Crippen LogP contribution in [0.1, 0.15) is 35.4 Å². The summed E-state index contributed by atoms with van der Waals surface area (Å²) in [6, 6.07) is 13.7. The Balaban J connectivity index is 1.60. The van der Waals surface area contributed by atoms with Gasteiger partial charge in [0.05, 0.1) is 12.6 Å². The van der Waals surface area contributed by atoms with Crippen LogP contribution in [0.3, 0.4) is 0 Å². The molecule has 2 heterocycles. The maximum Gasteiger partial charge on any atom is 0.268 e. The van der Waals surface area contributed by atoms with Gasteiger partial charge in [-0.15, -0.1) is 11.8 Å². The number of nitrogens with zero attached hydrogens (tertiary/aromatic N) is 1. The molecule has 3 aromatic rings. The number of ether oxygens (including phenoxy) is 1. The Labute approximate surface area is 167 Å². The molecule has 140 valence electrons. The van der Waals surface area contributed by atoms with Crippen LogP contribution in [-0.2, 0) is 7.05 Å². The van der Waals surface area contributed by atoms with Crippen molar-refractivity contribution >= 4 is 40.2 Å². The average molecular weight is 401 g/mol. The molecular weight excluding hydrogens is 380 g/mol. The van der Waals surface area contributed by atoms with Crippen molar-refractivity contribution in [3.8, 4) is 5.75 Å². The zero-order chi connectivity index (χ0) is 19.0. The number of hydrogen-bond donors (Lipinski definition) is 1. The van der Waals surface area contributed by atoms with E-state index in [2.05, 4.69) is 30.4 Å². The van der Waals surface area contributed by atoms with Crippen LogP contribution in [-0.4, -0.2) is 22.8 Å². The summed E-state index contributed by atoms with van der Waals surface area (Å²) in [6.45, 7) is 2.73. The second kappa shape index (κ2) is 7.49. The highest BCUT2D eigenvalue weighted by atomic mass is 35.5. The molecule has 0 radical (unpaired) electrons. The van der Waals surface area contributed by atoms with Gasteiger partial charge in [0.2, 0.25) is 0 Å². The van der Waals surface area contributed by atoms with Crippen molar-refractivity contribution in [2.75, 3.05) is 12.4 Å². The number of carbonyl (C=O) groups is 1. The van der Waals surface area contributed by atoms with Gasteiger partial charge in [-0.05, 0) is 36.1 Å². The molecule has 0 saturated heterocycles. The largest absolute Gasteiger partial charge is 0.493 e. The molecule has 1 aliphatic heterocycles. The lowest BCUT2D eigenvalue weighted by Gasteiger charge is -2.27. The van der Waals surface area contributed by atoms with Gasteiger partial charge in [0, 0.05) is 39.9 Å². The van der Waals surface area contributed by atoms with Crippen molar-refractivity contribution < 1.29 is 9.53 Å². The summed E-state index contributed by atoms with van der Waals surface area (Å²) < 4.78 is 7.72. The molecule has 0 spiro atoms. The minimum Gasteiger partial charge on any atom is -0.493 e. The highest BCUT2D eigenvalue weighted by molar-refractivity contribution is 7.99. The van der Waals surface area contributed by atoms with Gasteiger partial charge in [-0.1, -0.05) is 30.7 Å². The van der Waals surface area contributed by atoms with Gasteiger partial charge >= 0.3 is 0 Å². The molecule has 0 bridgehead atoms. The summed E-state index contributed by atoms with van der Waals surface area (Å²) in [4.78, 5) is 14.1. The molecule has 4 rings (SSSR count). The first-order valence-electron chi connectivity index (χ1n) is 9.02. The van der Waals surface area contributed by atoms with Crippen molar-refractivity contribution in [1.29, 1.82) is 0 Å². The molecule has 4 nitrogen and oxygen atoms in total. The van der Waals surface area contributed by atoms with Crippen molar-refractivity contribution in [3.63, 3.8) is 0 Å². The van der Waals surface area contributed by atoms with E-state index in [0.29, 0.717) is 17.3 Å². The third-order valence-electron chi connectivity index (χ3n) is 4.88. The Kier molecular flexibility index (Phi) is 5.06. The summed E-state index contributed by atoms with van der Waals surface area (Å²) in [5.41, 5.74) is 2.61. The van der Waals surface area contributed by atoms with E-state index in [1.807, 2.05) is 35.9 Å². The summed E-state index contributed by atoms with van der Waals surface area (Å²) in [6.07, 6.45) is 0.759. The third-order valence-corrected chi connectivity index (χ3v) is 5.99. The maximum absolute atomic E-state index is 13.0. The van der Waals surface area contributed by atoms with E-state index in [1.165, 1.54) is 4.90 Å². The van der Waals surface area contributed by atoms with Gasteiger partial charge in [-0.2, -0.15) is 0 Å². The summed E-state index contributed by atoms with van der Waals surface area (Å²) in [5, 5.41) is 4.84. The van der Waals surface area contributed by atoms with E-state index < -0.39 is 0 Å². The smallest absolute Gasteiger partial charge is 0.268 e.